The van der Waals surface area contributed by atoms with Crippen molar-refractivity contribution in [1.82, 2.24) is 16.0 Å². The number of carboxylic acid groups (broad SMARTS) is 1. The average Bonchev–Trinajstić information content (AvgIpc) is 2.90. The van der Waals surface area contributed by atoms with Gasteiger partial charge in [-0.05, 0) is 41.5 Å². The van der Waals surface area contributed by atoms with E-state index in [1.807, 2.05) is 13.0 Å². The molecule has 0 bridgehead atoms. The summed E-state index contributed by atoms with van der Waals surface area (Å²) in [4.78, 5) is 51.2. The Labute approximate surface area is 229 Å². The van der Waals surface area contributed by atoms with Crippen LogP contribution in [0.5, 0.6) is 5.75 Å². The number of phenols is 1. The molecule has 212 valence electrons. The van der Waals surface area contributed by atoms with Crippen LogP contribution in [0.3, 0.4) is 0 Å². The molecule has 0 saturated carbocycles. The molecule has 0 spiro atoms. The van der Waals surface area contributed by atoms with Crippen molar-refractivity contribution < 1.29 is 29.4 Å². The molecule has 2 rings (SSSR count). The molecule has 10 nitrogen and oxygen atoms in total. The first kappa shape index (κ1) is 31.3. The summed E-state index contributed by atoms with van der Waals surface area (Å²) in [5.41, 5.74) is 7.57. The van der Waals surface area contributed by atoms with Gasteiger partial charge in [-0.2, -0.15) is 0 Å². The van der Waals surface area contributed by atoms with Gasteiger partial charge in [0.2, 0.25) is 17.7 Å². The highest BCUT2D eigenvalue weighted by molar-refractivity contribution is 5.94. The van der Waals surface area contributed by atoms with Gasteiger partial charge in [0.1, 0.15) is 23.9 Å². The molecular formula is C29H40N4O6. The predicted molar refractivity (Wildman–Crippen MR) is 148 cm³/mol. The van der Waals surface area contributed by atoms with Gasteiger partial charge >= 0.3 is 5.97 Å². The Morgan fingerprint density at radius 1 is 0.769 bits per heavy atom. The summed E-state index contributed by atoms with van der Waals surface area (Å²) < 4.78 is 0. The number of aliphatic carboxylic acids is 1. The van der Waals surface area contributed by atoms with E-state index in [0.717, 1.165) is 11.1 Å². The summed E-state index contributed by atoms with van der Waals surface area (Å²) in [5.74, 6) is -3.42. The number of hydrogen-bond acceptors (Lipinski definition) is 6. The molecule has 0 heterocycles. The molecular weight excluding hydrogens is 500 g/mol. The van der Waals surface area contributed by atoms with E-state index in [1.54, 1.807) is 57.2 Å². The fourth-order valence-electron chi connectivity index (χ4n) is 4.03. The zero-order valence-electron chi connectivity index (χ0n) is 22.9. The summed E-state index contributed by atoms with van der Waals surface area (Å²) >= 11 is 0. The van der Waals surface area contributed by atoms with Gasteiger partial charge in [0, 0.05) is 6.42 Å². The van der Waals surface area contributed by atoms with Gasteiger partial charge in [-0.25, -0.2) is 4.79 Å². The van der Waals surface area contributed by atoms with E-state index in [-0.39, 0.29) is 30.4 Å². The lowest BCUT2D eigenvalue weighted by Crippen LogP contribution is -2.60. The molecule has 5 atom stereocenters. The van der Waals surface area contributed by atoms with E-state index in [9.17, 15) is 29.4 Å². The van der Waals surface area contributed by atoms with Crippen molar-refractivity contribution in [3.8, 4) is 5.75 Å². The lowest BCUT2D eigenvalue weighted by molar-refractivity contribution is -0.142. The molecule has 0 fully saturated rings. The van der Waals surface area contributed by atoms with Gasteiger partial charge < -0.3 is 31.9 Å². The topological polar surface area (TPSA) is 171 Å². The smallest absolute Gasteiger partial charge is 0.326 e. The molecule has 3 amide bonds. The molecule has 0 saturated heterocycles. The molecule has 7 N–H and O–H groups in total. The van der Waals surface area contributed by atoms with E-state index in [2.05, 4.69) is 16.0 Å². The fourth-order valence-corrected chi connectivity index (χ4v) is 4.03. The number of carbonyl (C=O) groups is 4. The monoisotopic (exact) mass is 540 g/mol. The van der Waals surface area contributed by atoms with E-state index in [4.69, 9.17) is 5.73 Å². The van der Waals surface area contributed by atoms with Crippen LogP contribution in [0.2, 0.25) is 0 Å². The SMILES string of the molecule is CCC(C)C(NC(=O)C(NC(=O)C(N)Cc1ccc(O)cc1)C(C)C)C(=O)NC(Cc1ccccc1)C(=O)O. The van der Waals surface area contributed by atoms with Gasteiger partial charge in [-0.3, -0.25) is 14.4 Å². The van der Waals surface area contributed by atoms with Crippen molar-refractivity contribution in [3.63, 3.8) is 0 Å². The quantitative estimate of drug-likeness (QED) is 0.212. The van der Waals surface area contributed by atoms with Crippen molar-refractivity contribution in [2.75, 3.05) is 0 Å². The third-order valence-electron chi connectivity index (χ3n) is 6.67. The van der Waals surface area contributed by atoms with Crippen molar-refractivity contribution >= 4 is 23.7 Å². The van der Waals surface area contributed by atoms with Gasteiger partial charge in [0.05, 0.1) is 6.04 Å². The first-order valence-corrected chi connectivity index (χ1v) is 13.1. The lowest BCUT2D eigenvalue weighted by atomic mass is 9.95. The highest BCUT2D eigenvalue weighted by Gasteiger charge is 2.33. The van der Waals surface area contributed by atoms with Crippen LogP contribution in [-0.2, 0) is 32.0 Å². The summed E-state index contributed by atoms with van der Waals surface area (Å²) in [6, 6.07) is 11.2. The molecule has 39 heavy (non-hydrogen) atoms. The lowest BCUT2D eigenvalue weighted by Gasteiger charge is -2.29. The van der Waals surface area contributed by atoms with Crippen LogP contribution in [0, 0.1) is 11.8 Å². The van der Waals surface area contributed by atoms with E-state index in [0.29, 0.717) is 6.42 Å². The molecule has 10 heteroatoms. The Hall–Kier alpha value is -3.92. The minimum Gasteiger partial charge on any atom is -0.508 e. The summed E-state index contributed by atoms with van der Waals surface area (Å²) in [6.45, 7) is 7.16. The first-order chi connectivity index (χ1) is 18.4. The zero-order valence-corrected chi connectivity index (χ0v) is 22.9. The van der Waals surface area contributed by atoms with Crippen molar-refractivity contribution in [1.29, 1.82) is 0 Å². The number of hydrogen-bond donors (Lipinski definition) is 6. The van der Waals surface area contributed by atoms with Gasteiger partial charge in [-0.1, -0.05) is 76.6 Å². The number of nitrogens with two attached hydrogens (primary N) is 1. The first-order valence-electron chi connectivity index (χ1n) is 13.1. The van der Waals surface area contributed by atoms with E-state index < -0.39 is 47.9 Å². The van der Waals surface area contributed by atoms with Gasteiger partial charge in [0.25, 0.3) is 0 Å². The molecule has 5 unspecified atom stereocenters. The number of phenolic OH excluding ortho intramolecular Hbond substituents is 1. The maximum atomic E-state index is 13.3. The standard InChI is InChI=1S/C29H40N4O6/c1-5-18(4)25(28(37)31-23(29(38)39)16-19-9-7-6-8-10-19)33-27(36)24(17(2)3)32-26(35)22(30)15-20-11-13-21(34)14-12-20/h6-14,17-18,22-25,34H,5,15-16,30H2,1-4H3,(H,31,37)(H,32,35)(H,33,36)(H,38,39). The number of rotatable bonds is 14. The summed E-state index contributed by atoms with van der Waals surface area (Å²) in [6.07, 6.45) is 0.839. The molecule has 2 aromatic carbocycles. The molecule has 0 aromatic heterocycles. The Morgan fingerprint density at radius 2 is 1.31 bits per heavy atom. The van der Waals surface area contributed by atoms with Gasteiger partial charge in [0.15, 0.2) is 0 Å². The van der Waals surface area contributed by atoms with Crippen LogP contribution in [0.1, 0.15) is 45.2 Å². The minimum absolute atomic E-state index is 0.0900. The third-order valence-corrected chi connectivity index (χ3v) is 6.67. The summed E-state index contributed by atoms with van der Waals surface area (Å²) in [5, 5.41) is 27.1. The van der Waals surface area contributed by atoms with Crippen LogP contribution in [0.4, 0.5) is 0 Å². The third kappa shape index (κ3) is 9.72. The number of carboxylic acids is 1. The maximum absolute atomic E-state index is 13.3. The van der Waals surface area contributed by atoms with Crippen molar-refractivity contribution in [2.24, 2.45) is 17.6 Å². The number of amides is 3. The Bertz CT molecular complexity index is 1110. The largest absolute Gasteiger partial charge is 0.508 e. The van der Waals surface area contributed by atoms with Crippen molar-refractivity contribution in [2.45, 2.75) is 71.1 Å². The molecule has 0 aliphatic heterocycles. The molecule has 0 radical (unpaired) electrons. The number of benzene rings is 2. The van der Waals surface area contributed by atoms with E-state index >= 15 is 0 Å². The molecule has 0 aliphatic carbocycles. The second-order valence-corrected chi connectivity index (χ2v) is 10.2. The van der Waals surface area contributed by atoms with Crippen LogP contribution in [0.25, 0.3) is 0 Å². The van der Waals surface area contributed by atoms with Crippen LogP contribution in [0.15, 0.2) is 54.6 Å². The molecule has 0 aliphatic rings. The summed E-state index contributed by atoms with van der Waals surface area (Å²) in [7, 11) is 0. The minimum atomic E-state index is -1.18. The van der Waals surface area contributed by atoms with Gasteiger partial charge in [-0.15, -0.1) is 0 Å². The predicted octanol–water partition coefficient (Wildman–Crippen LogP) is 1.75. The number of nitrogens with one attached hydrogen (secondary N) is 3. The number of aromatic hydroxyl groups is 1. The van der Waals surface area contributed by atoms with Crippen LogP contribution < -0.4 is 21.7 Å². The van der Waals surface area contributed by atoms with Crippen LogP contribution in [-0.4, -0.2) is 58.1 Å². The normalized spacial score (nSPS) is 14.9. The molecule has 2 aromatic rings. The fraction of sp³-hybridized carbons (Fsp3) is 0.448. The second-order valence-electron chi connectivity index (χ2n) is 10.2. The Kier molecular flexibility index (Phi) is 11.9. The average molecular weight is 541 g/mol. The highest BCUT2D eigenvalue weighted by atomic mass is 16.4. The Morgan fingerprint density at radius 3 is 1.85 bits per heavy atom. The van der Waals surface area contributed by atoms with E-state index in [1.165, 1.54) is 12.1 Å². The Balaban J connectivity index is 2.11. The second kappa shape index (κ2) is 14.9. The van der Waals surface area contributed by atoms with Crippen molar-refractivity contribution in [3.05, 3.63) is 65.7 Å². The maximum Gasteiger partial charge on any atom is 0.326 e. The highest BCUT2D eigenvalue weighted by Crippen LogP contribution is 2.13. The van der Waals surface area contributed by atoms with Crippen LogP contribution >= 0.6 is 0 Å². The zero-order chi connectivity index (χ0) is 29.1. The number of carbonyl (C=O) groups excluding carboxylic acids is 3.